The van der Waals surface area contributed by atoms with Gasteiger partial charge in [-0.2, -0.15) is 0 Å². The highest BCUT2D eigenvalue weighted by Crippen LogP contribution is 2.31. The second-order valence-corrected chi connectivity index (χ2v) is 3.36. The van der Waals surface area contributed by atoms with Gasteiger partial charge in [0.25, 0.3) is 5.91 Å². The van der Waals surface area contributed by atoms with E-state index < -0.39 is 0 Å². The molecule has 0 aromatic heterocycles. The lowest BCUT2D eigenvalue weighted by Crippen LogP contribution is -2.16. The summed E-state index contributed by atoms with van der Waals surface area (Å²) < 4.78 is 0. The van der Waals surface area contributed by atoms with E-state index in [0.29, 0.717) is 0 Å². The average molecular weight is 238 g/mol. The van der Waals surface area contributed by atoms with Crippen LogP contribution in [0.1, 0.15) is 15.9 Å². The minimum Gasteiger partial charge on any atom is -0.310 e. The first kappa shape index (κ1) is 8.51. The van der Waals surface area contributed by atoms with Crippen LogP contribution >= 0.6 is 15.9 Å². The first-order chi connectivity index (χ1) is 6.25. The third-order valence-corrected chi connectivity index (χ3v) is 2.64. The number of carbonyl (C=O) groups is 1. The molecule has 66 valence electrons. The lowest BCUT2D eigenvalue weighted by Gasteiger charge is -2.08. The smallest absolute Gasteiger partial charge is 0.258 e. The topological polar surface area (TPSA) is 20.3 Å². The van der Waals surface area contributed by atoms with E-state index in [9.17, 15) is 4.79 Å². The normalized spacial score (nSPS) is 18.2. The van der Waals surface area contributed by atoms with Crippen molar-refractivity contribution in [1.29, 1.82) is 0 Å². The second kappa shape index (κ2) is 3.00. The first-order valence-corrected chi connectivity index (χ1v) is 4.85. The summed E-state index contributed by atoms with van der Waals surface area (Å²) in [5.41, 5.74) is 2.68. The van der Waals surface area contributed by atoms with Crippen LogP contribution in [0, 0.1) is 0 Å². The molecule has 0 radical (unpaired) electrons. The molecular weight excluding hydrogens is 230 g/mol. The highest BCUT2D eigenvalue weighted by Gasteiger charge is 2.28. The van der Waals surface area contributed by atoms with E-state index in [1.54, 1.807) is 16.9 Å². The maximum atomic E-state index is 11.6. The summed E-state index contributed by atoms with van der Waals surface area (Å²) in [4.78, 5) is 15.0. The highest BCUT2D eigenvalue weighted by molar-refractivity contribution is 9.11. The van der Waals surface area contributed by atoms with Gasteiger partial charge in [0, 0.05) is 23.2 Å². The Balaban J connectivity index is 2.67. The number of carbonyl (C=O) groups excluding carboxylic acids is 1. The summed E-state index contributed by atoms with van der Waals surface area (Å²) >= 11 is 3.26. The van der Waals surface area contributed by atoms with Crippen LogP contribution in [0.2, 0.25) is 0 Å². The van der Waals surface area contributed by atoms with E-state index in [4.69, 9.17) is 0 Å². The van der Waals surface area contributed by atoms with Crippen molar-refractivity contribution in [2.45, 2.75) is 0 Å². The summed E-state index contributed by atoms with van der Waals surface area (Å²) in [7, 11) is 1.77. The van der Waals surface area contributed by atoms with Gasteiger partial charge in [0.15, 0.2) is 0 Å². The van der Waals surface area contributed by atoms with Crippen LogP contribution in [0.25, 0.3) is 5.70 Å². The van der Waals surface area contributed by atoms with Crippen LogP contribution in [0.15, 0.2) is 29.3 Å². The van der Waals surface area contributed by atoms with Gasteiger partial charge >= 0.3 is 0 Å². The van der Waals surface area contributed by atoms with E-state index in [1.165, 1.54) is 0 Å². The van der Waals surface area contributed by atoms with E-state index in [-0.39, 0.29) is 5.91 Å². The van der Waals surface area contributed by atoms with Crippen molar-refractivity contribution in [3.8, 4) is 0 Å². The van der Waals surface area contributed by atoms with Crippen molar-refractivity contribution < 1.29 is 4.79 Å². The summed E-state index contributed by atoms with van der Waals surface area (Å²) in [6.07, 6.45) is 0. The molecule has 1 aromatic rings. The summed E-state index contributed by atoms with van der Waals surface area (Å²) in [6.45, 7) is 0. The zero-order valence-electron chi connectivity index (χ0n) is 7.12. The Morgan fingerprint density at radius 1 is 1.31 bits per heavy atom. The predicted molar refractivity (Wildman–Crippen MR) is 55.4 cm³/mol. The van der Waals surface area contributed by atoms with Gasteiger partial charge in [-0.3, -0.25) is 4.79 Å². The Morgan fingerprint density at radius 3 is 2.54 bits per heavy atom. The molecule has 2 rings (SSSR count). The Hall–Kier alpha value is -1.09. The standard InChI is InChI=1S/C10H8BrNO/c1-12-9(6-11)7-4-2-3-5-8(7)10(12)13/h2-6H,1H3/b9-6-. The molecule has 3 heteroatoms. The second-order valence-electron chi connectivity index (χ2n) is 2.90. The number of hydrogen-bond acceptors (Lipinski definition) is 1. The van der Waals surface area contributed by atoms with E-state index >= 15 is 0 Å². The molecule has 1 amide bonds. The number of fused-ring (bicyclic) bond motifs is 1. The minimum absolute atomic E-state index is 0.0568. The number of hydrogen-bond donors (Lipinski definition) is 0. The molecule has 0 unspecified atom stereocenters. The third-order valence-electron chi connectivity index (χ3n) is 2.20. The fraction of sp³-hybridized carbons (Fsp3) is 0.100. The molecule has 0 fully saturated rings. The van der Waals surface area contributed by atoms with Gasteiger partial charge in [0.05, 0.1) is 5.70 Å². The zero-order chi connectivity index (χ0) is 9.42. The molecule has 1 heterocycles. The SMILES string of the molecule is CN1C(=O)c2ccccc2/C1=C/Br. The zero-order valence-corrected chi connectivity index (χ0v) is 8.71. The van der Waals surface area contributed by atoms with Gasteiger partial charge < -0.3 is 4.90 Å². The molecular formula is C10H8BrNO. The lowest BCUT2D eigenvalue weighted by atomic mass is 10.1. The van der Waals surface area contributed by atoms with Gasteiger partial charge in [-0.1, -0.05) is 34.1 Å². The number of benzene rings is 1. The maximum Gasteiger partial charge on any atom is 0.258 e. The summed E-state index contributed by atoms with van der Waals surface area (Å²) in [5.74, 6) is 0.0568. The fourth-order valence-corrected chi connectivity index (χ4v) is 2.05. The van der Waals surface area contributed by atoms with E-state index in [0.717, 1.165) is 16.8 Å². The van der Waals surface area contributed by atoms with Gasteiger partial charge in [-0.15, -0.1) is 0 Å². The third kappa shape index (κ3) is 1.11. The van der Waals surface area contributed by atoms with E-state index in [2.05, 4.69) is 15.9 Å². The van der Waals surface area contributed by atoms with Crippen molar-refractivity contribution in [2.24, 2.45) is 0 Å². The van der Waals surface area contributed by atoms with Crippen LogP contribution < -0.4 is 0 Å². The Labute approximate surface area is 85.0 Å². The summed E-state index contributed by atoms with van der Waals surface area (Å²) in [5, 5.41) is 0. The van der Waals surface area contributed by atoms with Crippen LogP contribution in [0.4, 0.5) is 0 Å². The van der Waals surface area contributed by atoms with Gasteiger partial charge in [0.1, 0.15) is 0 Å². The minimum atomic E-state index is 0.0568. The van der Waals surface area contributed by atoms with Crippen molar-refractivity contribution in [1.82, 2.24) is 4.90 Å². The number of amides is 1. The molecule has 1 aromatic carbocycles. The molecule has 0 saturated heterocycles. The fourth-order valence-electron chi connectivity index (χ4n) is 1.50. The molecule has 2 nitrogen and oxygen atoms in total. The van der Waals surface area contributed by atoms with E-state index in [1.807, 2.05) is 24.3 Å². The molecule has 13 heavy (non-hydrogen) atoms. The number of rotatable bonds is 0. The maximum absolute atomic E-state index is 11.6. The van der Waals surface area contributed by atoms with Crippen LogP contribution in [0.5, 0.6) is 0 Å². The predicted octanol–water partition coefficient (Wildman–Crippen LogP) is 2.47. The van der Waals surface area contributed by atoms with Crippen LogP contribution in [-0.2, 0) is 0 Å². The molecule has 1 aliphatic heterocycles. The van der Waals surface area contributed by atoms with Gasteiger partial charge in [0.2, 0.25) is 0 Å². The highest BCUT2D eigenvalue weighted by atomic mass is 79.9. The largest absolute Gasteiger partial charge is 0.310 e. The molecule has 1 aliphatic rings. The molecule has 0 N–H and O–H groups in total. The van der Waals surface area contributed by atoms with Gasteiger partial charge in [-0.05, 0) is 6.07 Å². The number of nitrogens with zero attached hydrogens (tertiary/aromatic N) is 1. The quantitative estimate of drug-likeness (QED) is 0.679. The average Bonchev–Trinajstić information content (AvgIpc) is 2.41. The molecule has 0 atom stereocenters. The van der Waals surface area contributed by atoms with Crippen molar-refractivity contribution in [3.05, 3.63) is 40.4 Å². The van der Waals surface area contributed by atoms with Gasteiger partial charge in [-0.25, -0.2) is 0 Å². The molecule has 0 aliphatic carbocycles. The van der Waals surface area contributed by atoms with Crippen LogP contribution in [0.3, 0.4) is 0 Å². The Bertz CT molecular complexity index is 398. The summed E-state index contributed by atoms with van der Waals surface area (Å²) in [6, 6.07) is 7.60. The molecule has 0 spiro atoms. The Morgan fingerprint density at radius 2 is 1.92 bits per heavy atom. The number of halogens is 1. The van der Waals surface area contributed by atoms with Crippen molar-refractivity contribution in [3.63, 3.8) is 0 Å². The Kier molecular flexibility index (Phi) is 1.96. The van der Waals surface area contributed by atoms with Crippen molar-refractivity contribution >= 4 is 27.5 Å². The lowest BCUT2D eigenvalue weighted by molar-refractivity contribution is 0.0875. The van der Waals surface area contributed by atoms with Crippen molar-refractivity contribution in [2.75, 3.05) is 7.05 Å². The monoisotopic (exact) mass is 237 g/mol. The van der Waals surface area contributed by atoms with Crippen LogP contribution in [-0.4, -0.2) is 17.9 Å². The first-order valence-electron chi connectivity index (χ1n) is 3.93. The molecule has 0 saturated carbocycles. The molecule has 0 bridgehead atoms.